The van der Waals surface area contributed by atoms with Crippen LogP contribution in [-0.2, 0) is 0 Å². The molecule has 0 bridgehead atoms. The van der Waals surface area contributed by atoms with Crippen molar-refractivity contribution in [2.24, 2.45) is 0 Å². The van der Waals surface area contributed by atoms with E-state index in [1.54, 1.807) is 0 Å². The number of halogens is 3. The Balaban J connectivity index is 3.45. The van der Waals surface area contributed by atoms with Crippen LogP contribution in [0, 0.1) is 11.8 Å². The number of unbranched alkanes of at least 4 members (excludes halogenated alkanes) is 6. The van der Waals surface area contributed by atoms with Gasteiger partial charge in [0, 0.05) is 5.92 Å². The quantitative estimate of drug-likeness (QED) is 0.509. The summed E-state index contributed by atoms with van der Waals surface area (Å²) in [6.07, 6.45) is 2.27. The maximum absolute atomic E-state index is 11.7. The molecular weight excluding hydrogens is 229 g/mol. The van der Waals surface area contributed by atoms with Crippen molar-refractivity contribution in [2.75, 3.05) is 0 Å². The van der Waals surface area contributed by atoms with E-state index in [4.69, 9.17) is 0 Å². The van der Waals surface area contributed by atoms with Crippen LogP contribution in [0.15, 0.2) is 0 Å². The largest absolute Gasteiger partial charge is 0.457 e. The van der Waals surface area contributed by atoms with E-state index in [1.807, 2.05) is 5.92 Å². The van der Waals surface area contributed by atoms with E-state index in [9.17, 15) is 18.3 Å². The Labute approximate surface area is 101 Å². The van der Waals surface area contributed by atoms with Crippen LogP contribution in [0.1, 0.15) is 58.3 Å². The van der Waals surface area contributed by atoms with E-state index in [-0.39, 0.29) is 0 Å². The Morgan fingerprint density at radius 3 is 2.06 bits per heavy atom. The van der Waals surface area contributed by atoms with Gasteiger partial charge < -0.3 is 5.11 Å². The van der Waals surface area contributed by atoms with Gasteiger partial charge in [0.05, 0.1) is 0 Å². The second-order valence-corrected chi connectivity index (χ2v) is 4.19. The standard InChI is InChI=1S/C13H21F3O/c1-2-3-4-5-6-7-8-9-12(17)10-11-13(14,15)16/h12,17H,2-9H2,1H3. The summed E-state index contributed by atoms with van der Waals surface area (Å²) in [7, 11) is 0. The molecule has 0 aromatic heterocycles. The number of hydrogen-bond acceptors (Lipinski definition) is 1. The Hall–Kier alpha value is -0.690. The Bertz CT molecular complexity index is 237. The van der Waals surface area contributed by atoms with Crippen LogP contribution < -0.4 is 0 Å². The second-order valence-electron chi connectivity index (χ2n) is 4.19. The van der Waals surface area contributed by atoms with E-state index in [0.29, 0.717) is 6.42 Å². The van der Waals surface area contributed by atoms with Crippen LogP contribution in [-0.4, -0.2) is 17.4 Å². The van der Waals surface area contributed by atoms with Crippen LogP contribution in [0.3, 0.4) is 0 Å². The molecule has 0 spiro atoms. The minimum absolute atomic E-state index is 0.330. The molecule has 0 rings (SSSR count). The van der Waals surface area contributed by atoms with Gasteiger partial charge in [-0.2, -0.15) is 13.2 Å². The summed E-state index contributed by atoms with van der Waals surface area (Å²) in [5, 5.41) is 9.18. The first kappa shape index (κ1) is 16.3. The third-order valence-corrected chi connectivity index (χ3v) is 2.46. The third kappa shape index (κ3) is 13.2. The normalized spacial score (nSPS) is 13.0. The van der Waals surface area contributed by atoms with Crippen molar-refractivity contribution in [1.82, 2.24) is 0 Å². The minimum Gasteiger partial charge on any atom is -0.380 e. The summed E-state index contributed by atoms with van der Waals surface area (Å²) in [4.78, 5) is 0. The molecule has 100 valence electrons. The second kappa shape index (κ2) is 9.35. The molecule has 1 N–H and O–H groups in total. The van der Waals surface area contributed by atoms with Gasteiger partial charge in [0.1, 0.15) is 6.10 Å². The lowest BCUT2D eigenvalue weighted by molar-refractivity contribution is -0.0700. The van der Waals surface area contributed by atoms with Gasteiger partial charge in [0.25, 0.3) is 0 Å². The molecule has 0 saturated carbocycles. The number of hydrogen-bond donors (Lipinski definition) is 1. The highest BCUT2D eigenvalue weighted by atomic mass is 19.4. The molecule has 1 nitrogen and oxygen atoms in total. The fourth-order valence-corrected chi connectivity index (χ4v) is 1.53. The van der Waals surface area contributed by atoms with E-state index in [1.165, 1.54) is 19.3 Å². The van der Waals surface area contributed by atoms with Crippen molar-refractivity contribution in [1.29, 1.82) is 0 Å². The molecule has 4 heteroatoms. The first-order valence-electron chi connectivity index (χ1n) is 6.23. The lowest BCUT2D eigenvalue weighted by atomic mass is 10.1. The molecule has 0 aliphatic rings. The molecule has 17 heavy (non-hydrogen) atoms. The summed E-state index contributed by atoms with van der Waals surface area (Å²) >= 11 is 0. The monoisotopic (exact) mass is 250 g/mol. The van der Waals surface area contributed by atoms with Crippen molar-refractivity contribution in [3.8, 4) is 11.8 Å². The molecule has 0 aliphatic heterocycles. The molecule has 0 heterocycles. The first-order valence-corrected chi connectivity index (χ1v) is 6.23. The van der Waals surface area contributed by atoms with E-state index < -0.39 is 12.3 Å². The van der Waals surface area contributed by atoms with Crippen LogP contribution in [0.2, 0.25) is 0 Å². The predicted molar refractivity (Wildman–Crippen MR) is 62.4 cm³/mol. The number of aliphatic hydroxyl groups excluding tert-OH is 1. The van der Waals surface area contributed by atoms with Gasteiger partial charge in [0.15, 0.2) is 0 Å². The molecule has 0 saturated heterocycles. The van der Waals surface area contributed by atoms with Crippen LogP contribution in [0.25, 0.3) is 0 Å². The predicted octanol–water partition coefficient (Wildman–Crippen LogP) is 4.05. The summed E-state index contributed by atoms with van der Waals surface area (Å²) in [5.41, 5.74) is 0. The fraction of sp³-hybridized carbons (Fsp3) is 0.846. The fourth-order valence-electron chi connectivity index (χ4n) is 1.53. The third-order valence-electron chi connectivity index (χ3n) is 2.46. The van der Waals surface area contributed by atoms with Crippen molar-refractivity contribution >= 4 is 0 Å². The smallest absolute Gasteiger partial charge is 0.380 e. The van der Waals surface area contributed by atoms with Crippen molar-refractivity contribution < 1.29 is 18.3 Å². The van der Waals surface area contributed by atoms with Crippen LogP contribution in [0.4, 0.5) is 13.2 Å². The topological polar surface area (TPSA) is 20.2 Å². The highest BCUT2D eigenvalue weighted by Crippen LogP contribution is 2.13. The van der Waals surface area contributed by atoms with Gasteiger partial charge >= 0.3 is 6.18 Å². The first-order chi connectivity index (χ1) is 7.95. The summed E-state index contributed by atoms with van der Waals surface area (Å²) < 4.78 is 35.1. The zero-order chi connectivity index (χ0) is 13.1. The average Bonchev–Trinajstić information content (AvgIpc) is 2.24. The van der Waals surface area contributed by atoms with Gasteiger partial charge in [-0.15, -0.1) is 0 Å². The Morgan fingerprint density at radius 2 is 1.53 bits per heavy atom. The molecule has 1 unspecified atom stereocenters. The summed E-state index contributed by atoms with van der Waals surface area (Å²) in [5.74, 6) is 2.90. The highest BCUT2D eigenvalue weighted by molar-refractivity contribution is 5.09. The van der Waals surface area contributed by atoms with Gasteiger partial charge in [-0.3, -0.25) is 0 Å². The number of rotatable bonds is 8. The van der Waals surface area contributed by atoms with E-state index >= 15 is 0 Å². The maximum Gasteiger partial charge on any atom is 0.457 e. The van der Waals surface area contributed by atoms with Crippen molar-refractivity contribution in [3.63, 3.8) is 0 Å². The zero-order valence-electron chi connectivity index (χ0n) is 10.3. The Morgan fingerprint density at radius 1 is 1.00 bits per heavy atom. The van der Waals surface area contributed by atoms with Crippen LogP contribution >= 0.6 is 0 Å². The van der Waals surface area contributed by atoms with Gasteiger partial charge in [-0.1, -0.05) is 51.4 Å². The van der Waals surface area contributed by atoms with E-state index in [2.05, 4.69) is 6.92 Å². The molecule has 0 radical (unpaired) electrons. The van der Waals surface area contributed by atoms with Gasteiger partial charge in [-0.25, -0.2) is 0 Å². The molecule has 0 aliphatic carbocycles. The molecule has 0 amide bonds. The Kier molecular flexibility index (Phi) is 8.97. The highest BCUT2D eigenvalue weighted by Gasteiger charge is 2.23. The molecule has 1 atom stereocenters. The number of alkyl halides is 3. The lowest BCUT2D eigenvalue weighted by Gasteiger charge is -2.03. The zero-order valence-corrected chi connectivity index (χ0v) is 10.3. The molecule has 0 fully saturated rings. The minimum atomic E-state index is -4.50. The van der Waals surface area contributed by atoms with E-state index in [0.717, 1.165) is 31.6 Å². The molecule has 0 aromatic rings. The summed E-state index contributed by atoms with van der Waals surface area (Å²) in [6, 6.07) is 0. The van der Waals surface area contributed by atoms with Crippen molar-refractivity contribution in [2.45, 2.75) is 70.6 Å². The summed E-state index contributed by atoms with van der Waals surface area (Å²) in [6.45, 7) is 2.15. The number of aliphatic hydroxyl groups is 1. The lowest BCUT2D eigenvalue weighted by Crippen LogP contribution is -2.07. The molecule has 0 aromatic carbocycles. The average molecular weight is 250 g/mol. The van der Waals surface area contributed by atoms with Crippen molar-refractivity contribution in [3.05, 3.63) is 0 Å². The maximum atomic E-state index is 11.7. The molecular formula is C13H21F3O. The van der Waals surface area contributed by atoms with Gasteiger partial charge in [0.2, 0.25) is 0 Å². The van der Waals surface area contributed by atoms with Gasteiger partial charge in [-0.05, 0) is 12.8 Å². The van der Waals surface area contributed by atoms with Crippen LogP contribution in [0.5, 0.6) is 0 Å². The SMILES string of the molecule is CCCCCCCCCC(O)C#CC(F)(F)F.